The van der Waals surface area contributed by atoms with Gasteiger partial charge in [-0.05, 0) is 74.7 Å². The van der Waals surface area contributed by atoms with E-state index in [9.17, 15) is 14.4 Å². The summed E-state index contributed by atoms with van der Waals surface area (Å²) in [6, 6.07) is 13.2. The third-order valence-electron chi connectivity index (χ3n) is 6.38. The Labute approximate surface area is 192 Å². The summed E-state index contributed by atoms with van der Waals surface area (Å²) in [5, 5.41) is 3.03. The van der Waals surface area contributed by atoms with Crippen molar-refractivity contribution in [2.24, 2.45) is 5.92 Å². The number of likely N-dealkylation sites (tertiary alicyclic amines) is 1. The van der Waals surface area contributed by atoms with Crippen LogP contribution < -0.4 is 21.2 Å². The Balaban J connectivity index is 1.31. The second kappa shape index (κ2) is 10.0. The van der Waals surface area contributed by atoms with Crippen molar-refractivity contribution in [1.82, 2.24) is 19.8 Å². The van der Waals surface area contributed by atoms with E-state index in [4.69, 9.17) is 4.74 Å². The molecule has 8 heteroatoms. The smallest absolute Gasteiger partial charge is 0.316 e. The molecule has 0 aliphatic carbocycles. The molecule has 0 atom stereocenters. The van der Waals surface area contributed by atoms with Gasteiger partial charge in [-0.2, -0.15) is 0 Å². The number of aromatic nitrogens is 2. The lowest BCUT2D eigenvalue weighted by Gasteiger charge is -2.32. The number of hydrogen-bond acceptors (Lipinski definition) is 5. The Morgan fingerprint density at radius 2 is 1.85 bits per heavy atom. The van der Waals surface area contributed by atoms with Gasteiger partial charge in [0.25, 0.3) is 5.91 Å². The SMILES string of the molecule is CCn1c(=O)c(=O)[nH]c2cc(C(=O)NCC3CCN(Cc4ccc(OC)cc4)CC3)ccc21. The second-order valence-electron chi connectivity index (χ2n) is 8.51. The van der Waals surface area contributed by atoms with Crippen LogP contribution in [0.3, 0.4) is 0 Å². The van der Waals surface area contributed by atoms with E-state index < -0.39 is 11.1 Å². The molecule has 0 unspecified atom stereocenters. The summed E-state index contributed by atoms with van der Waals surface area (Å²) >= 11 is 0. The zero-order chi connectivity index (χ0) is 23.4. The van der Waals surface area contributed by atoms with Crippen molar-refractivity contribution in [2.45, 2.75) is 32.9 Å². The molecule has 1 aromatic heterocycles. The highest BCUT2D eigenvalue weighted by molar-refractivity contribution is 5.97. The van der Waals surface area contributed by atoms with Crippen molar-refractivity contribution >= 4 is 16.9 Å². The van der Waals surface area contributed by atoms with Crippen LogP contribution in [0.15, 0.2) is 52.1 Å². The number of aryl methyl sites for hydroxylation is 1. The first-order valence-corrected chi connectivity index (χ1v) is 11.4. The topological polar surface area (TPSA) is 96.4 Å². The molecule has 4 rings (SSSR count). The third-order valence-corrected chi connectivity index (χ3v) is 6.38. The highest BCUT2D eigenvalue weighted by Gasteiger charge is 2.20. The molecule has 2 heterocycles. The molecule has 1 amide bonds. The fraction of sp³-hybridized carbons (Fsp3) is 0.400. The van der Waals surface area contributed by atoms with Gasteiger partial charge >= 0.3 is 11.1 Å². The summed E-state index contributed by atoms with van der Waals surface area (Å²) in [6.45, 7) is 5.74. The molecule has 2 N–H and O–H groups in total. The molecule has 0 saturated carbocycles. The predicted octanol–water partition coefficient (Wildman–Crippen LogP) is 2.36. The van der Waals surface area contributed by atoms with Crippen molar-refractivity contribution in [2.75, 3.05) is 26.7 Å². The maximum atomic E-state index is 12.7. The number of aromatic amines is 1. The van der Waals surface area contributed by atoms with Crippen LogP contribution in [0.5, 0.6) is 5.75 Å². The zero-order valence-electron chi connectivity index (χ0n) is 19.1. The normalized spacial score (nSPS) is 15.0. The summed E-state index contributed by atoms with van der Waals surface area (Å²) in [7, 11) is 1.67. The van der Waals surface area contributed by atoms with Gasteiger partial charge in [-0.3, -0.25) is 19.3 Å². The number of amides is 1. The molecule has 0 bridgehead atoms. The number of benzene rings is 2. The lowest BCUT2D eigenvalue weighted by Crippen LogP contribution is -2.38. The lowest BCUT2D eigenvalue weighted by molar-refractivity contribution is 0.0935. The van der Waals surface area contributed by atoms with Gasteiger partial charge in [0.2, 0.25) is 0 Å². The van der Waals surface area contributed by atoms with Crippen LogP contribution in [0.25, 0.3) is 11.0 Å². The minimum absolute atomic E-state index is 0.173. The van der Waals surface area contributed by atoms with Crippen molar-refractivity contribution < 1.29 is 9.53 Å². The van der Waals surface area contributed by atoms with Gasteiger partial charge in [-0.25, -0.2) is 0 Å². The van der Waals surface area contributed by atoms with E-state index in [1.54, 1.807) is 25.3 Å². The van der Waals surface area contributed by atoms with E-state index in [1.165, 1.54) is 10.1 Å². The summed E-state index contributed by atoms with van der Waals surface area (Å²) in [5.41, 5.74) is 1.58. The minimum Gasteiger partial charge on any atom is -0.497 e. The Bertz CT molecular complexity index is 1240. The summed E-state index contributed by atoms with van der Waals surface area (Å²) in [5.74, 6) is 1.13. The van der Waals surface area contributed by atoms with Gasteiger partial charge in [0.1, 0.15) is 5.75 Å². The second-order valence-corrected chi connectivity index (χ2v) is 8.51. The Morgan fingerprint density at radius 3 is 2.52 bits per heavy atom. The fourth-order valence-electron chi connectivity index (χ4n) is 4.41. The first kappa shape index (κ1) is 22.8. The highest BCUT2D eigenvalue weighted by atomic mass is 16.5. The number of piperidine rings is 1. The van der Waals surface area contributed by atoms with Crippen LogP contribution in [0, 0.1) is 5.92 Å². The quantitative estimate of drug-likeness (QED) is 0.539. The number of rotatable bonds is 7. The first-order valence-electron chi connectivity index (χ1n) is 11.4. The molecule has 33 heavy (non-hydrogen) atoms. The summed E-state index contributed by atoms with van der Waals surface area (Å²) < 4.78 is 6.63. The van der Waals surface area contributed by atoms with Crippen LogP contribution >= 0.6 is 0 Å². The molecule has 174 valence electrons. The molecule has 8 nitrogen and oxygen atoms in total. The average Bonchev–Trinajstić information content (AvgIpc) is 2.84. The molecule has 1 aliphatic heterocycles. The highest BCUT2D eigenvalue weighted by Crippen LogP contribution is 2.20. The summed E-state index contributed by atoms with van der Waals surface area (Å²) in [4.78, 5) is 41.6. The standard InChI is InChI=1S/C25H30N4O4/c1-3-29-22-9-6-19(14-21(22)27-24(31)25(29)32)23(30)26-15-17-10-12-28(13-11-17)16-18-4-7-20(33-2)8-5-18/h4-9,14,17H,3,10-13,15-16H2,1-2H3,(H,26,30)(H,27,31). The van der Waals surface area contributed by atoms with E-state index >= 15 is 0 Å². The van der Waals surface area contributed by atoms with Gasteiger partial charge in [-0.15, -0.1) is 0 Å². The molecule has 0 spiro atoms. The Morgan fingerprint density at radius 1 is 1.12 bits per heavy atom. The minimum atomic E-state index is -0.677. The number of H-pyrrole nitrogens is 1. The molecular formula is C25H30N4O4. The molecular weight excluding hydrogens is 420 g/mol. The van der Waals surface area contributed by atoms with Gasteiger partial charge in [-0.1, -0.05) is 12.1 Å². The number of methoxy groups -OCH3 is 1. The number of carbonyl (C=O) groups is 1. The lowest BCUT2D eigenvalue weighted by atomic mass is 9.96. The summed E-state index contributed by atoms with van der Waals surface area (Å²) in [6.07, 6.45) is 2.06. The van der Waals surface area contributed by atoms with Crippen molar-refractivity contribution in [1.29, 1.82) is 0 Å². The van der Waals surface area contributed by atoms with Crippen LogP contribution in [0.1, 0.15) is 35.7 Å². The molecule has 1 saturated heterocycles. The van der Waals surface area contributed by atoms with E-state index in [2.05, 4.69) is 27.3 Å². The largest absolute Gasteiger partial charge is 0.497 e. The maximum absolute atomic E-state index is 12.7. The Kier molecular flexibility index (Phi) is 6.93. The van der Waals surface area contributed by atoms with E-state index in [-0.39, 0.29) is 5.91 Å². The van der Waals surface area contributed by atoms with E-state index in [0.717, 1.165) is 38.2 Å². The Hall–Kier alpha value is -3.39. The van der Waals surface area contributed by atoms with Crippen molar-refractivity contribution in [3.8, 4) is 5.75 Å². The molecule has 1 fully saturated rings. The van der Waals surface area contributed by atoms with Gasteiger partial charge in [0, 0.05) is 25.2 Å². The van der Waals surface area contributed by atoms with Crippen molar-refractivity contribution in [3.63, 3.8) is 0 Å². The monoisotopic (exact) mass is 450 g/mol. The van der Waals surface area contributed by atoms with E-state index in [1.807, 2.05) is 19.1 Å². The van der Waals surface area contributed by atoms with Crippen LogP contribution in [0.4, 0.5) is 0 Å². The van der Waals surface area contributed by atoms with Gasteiger partial charge < -0.3 is 19.6 Å². The number of carbonyl (C=O) groups excluding carboxylic acids is 1. The predicted molar refractivity (Wildman–Crippen MR) is 128 cm³/mol. The molecule has 3 aromatic rings. The number of nitrogens with one attached hydrogen (secondary N) is 2. The number of fused-ring (bicyclic) bond motifs is 1. The van der Waals surface area contributed by atoms with E-state index in [0.29, 0.717) is 35.6 Å². The van der Waals surface area contributed by atoms with Crippen LogP contribution in [0.2, 0.25) is 0 Å². The van der Waals surface area contributed by atoms with Gasteiger partial charge in [0.05, 0.1) is 18.1 Å². The zero-order valence-corrected chi connectivity index (χ0v) is 19.1. The number of nitrogens with zero attached hydrogens (tertiary/aromatic N) is 2. The van der Waals surface area contributed by atoms with Crippen LogP contribution in [-0.2, 0) is 13.1 Å². The third kappa shape index (κ3) is 5.17. The van der Waals surface area contributed by atoms with Crippen molar-refractivity contribution in [3.05, 3.63) is 74.3 Å². The average molecular weight is 451 g/mol. The number of ether oxygens (including phenoxy) is 1. The van der Waals surface area contributed by atoms with Gasteiger partial charge in [0.15, 0.2) is 0 Å². The fourth-order valence-corrected chi connectivity index (χ4v) is 4.41. The molecule has 0 radical (unpaired) electrons. The first-order chi connectivity index (χ1) is 16.0. The number of hydrogen-bond donors (Lipinski definition) is 2. The molecule has 1 aliphatic rings. The molecule has 2 aromatic carbocycles. The maximum Gasteiger partial charge on any atom is 0.316 e. The van der Waals surface area contributed by atoms with Crippen LogP contribution in [-0.4, -0.2) is 47.1 Å².